The van der Waals surface area contributed by atoms with Crippen LogP contribution in [0.3, 0.4) is 0 Å². The Bertz CT molecular complexity index is 470. The van der Waals surface area contributed by atoms with Gasteiger partial charge >= 0.3 is 0 Å². The van der Waals surface area contributed by atoms with Gasteiger partial charge in [0.15, 0.2) is 0 Å². The summed E-state index contributed by atoms with van der Waals surface area (Å²) in [6, 6.07) is 0.173. The minimum absolute atomic E-state index is 0.137. The summed E-state index contributed by atoms with van der Waals surface area (Å²) in [7, 11) is 1.51. The molecule has 0 aliphatic rings. The first kappa shape index (κ1) is 14.3. The third kappa shape index (κ3) is 2.73. The topological polar surface area (TPSA) is 110 Å². The molecule has 0 spiro atoms. The largest absolute Gasteiger partial charge is 0.397 e. The van der Waals surface area contributed by atoms with Gasteiger partial charge in [-0.15, -0.1) is 11.3 Å². The lowest BCUT2D eigenvalue weighted by Gasteiger charge is -2.12. The maximum absolute atomic E-state index is 11.8. The van der Waals surface area contributed by atoms with Crippen molar-refractivity contribution in [2.45, 2.75) is 26.3 Å². The van der Waals surface area contributed by atoms with E-state index < -0.39 is 5.91 Å². The fourth-order valence-electron chi connectivity index (χ4n) is 1.40. The summed E-state index contributed by atoms with van der Waals surface area (Å²) in [6.07, 6.45) is 0.886. The van der Waals surface area contributed by atoms with E-state index in [2.05, 4.69) is 10.6 Å². The van der Waals surface area contributed by atoms with Crippen molar-refractivity contribution in [2.75, 3.05) is 18.1 Å². The van der Waals surface area contributed by atoms with Crippen molar-refractivity contribution in [2.24, 2.45) is 5.73 Å². The molecule has 100 valence electrons. The molecule has 0 saturated heterocycles. The Morgan fingerprint density at radius 3 is 2.50 bits per heavy atom. The number of primary amides is 1. The highest BCUT2D eigenvalue weighted by Gasteiger charge is 2.24. The molecule has 1 unspecified atom stereocenters. The Kier molecular flexibility index (Phi) is 4.55. The van der Waals surface area contributed by atoms with E-state index in [4.69, 9.17) is 11.5 Å². The van der Waals surface area contributed by atoms with E-state index in [1.165, 1.54) is 7.05 Å². The molecular formula is C11H18N4O2S. The monoisotopic (exact) mass is 270 g/mol. The Labute approximate surface area is 110 Å². The molecule has 1 atom stereocenters. The molecule has 1 aromatic rings. The Morgan fingerprint density at radius 1 is 1.44 bits per heavy atom. The van der Waals surface area contributed by atoms with Gasteiger partial charge in [-0.3, -0.25) is 9.59 Å². The van der Waals surface area contributed by atoms with Gasteiger partial charge in [-0.05, 0) is 13.3 Å². The maximum Gasteiger partial charge on any atom is 0.260 e. The average molecular weight is 270 g/mol. The van der Waals surface area contributed by atoms with Crippen LogP contribution >= 0.6 is 11.3 Å². The first-order chi connectivity index (χ1) is 8.42. The lowest BCUT2D eigenvalue weighted by atomic mass is 10.2. The van der Waals surface area contributed by atoms with Crippen LogP contribution < -0.4 is 22.1 Å². The summed E-state index contributed by atoms with van der Waals surface area (Å²) < 4.78 is 0. The molecular weight excluding hydrogens is 252 g/mol. The predicted octanol–water partition coefficient (Wildman–Crippen LogP) is 0.999. The fourth-order valence-corrected chi connectivity index (χ4v) is 2.49. The summed E-state index contributed by atoms with van der Waals surface area (Å²) in [5.41, 5.74) is 11.5. The number of nitrogens with two attached hydrogens (primary N) is 2. The van der Waals surface area contributed by atoms with Gasteiger partial charge in [0.25, 0.3) is 11.8 Å². The normalized spacial score (nSPS) is 11.9. The third-order valence-electron chi connectivity index (χ3n) is 2.61. The quantitative estimate of drug-likeness (QED) is 0.639. The molecule has 7 heteroatoms. The van der Waals surface area contributed by atoms with Crippen molar-refractivity contribution in [1.82, 2.24) is 5.32 Å². The summed E-state index contributed by atoms with van der Waals surface area (Å²) in [6.45, 7) is 4.00. The van der Waals surface area contributed by atoms with E-state index in [0.717, 1.165) is 17.8 Å². The smallest absolute Gasteiger partial charge is 0.260 e. The first-order valence-electron chi connectivity index (χ1n) is 5.63. The molecule has 0 fully saturated rings. The number of carbonyl (C=O) groups is 2. The van der Waals surface area contributed by atoms with Crippen LogP contribution in [0.2, 0.25) is 0 Å². The second kappa shape index (κ2) is 5.72. The standard InChI is InChI=1S/C11H18N4O2S/c1-4-5(2)15-11-6(10(17)14-3)7(12)8(18-11)9(13)16/h5,15H,4,12H2,1-3H3,(H2,13,16)(H,14,17). The van der Waals surface area contributed by atoms with E-state index in [-0.39, 0.29) is 28.1 Å². The number of nitrogens with one attached hydrogen (secondary N) is 2. The van der Waals surface area contributed by atoms with Crippen molar-refractivity contribution in [3.63, 3.8) is 0 Å². The molecule has 2 amide bonds. The Hall–Kier alpha value is -1.76. The van der Waals surface area contributed by atoms with Crippen molar-refractivity contribution in [3.05, 3.63) is 10.4 Å². The van der Waals surface area contributed by atoms with Crippen LogP contribution in [0, 0.1) is 0 Å². The maximum atomic E-state index is 11.8. The molecule has 0 bridgehead atoms. The number of thiophene rings is 1. The number of nitrogen functional groups attached to an aromatic ring is 1. The van der Waals surface area contributed by atoms with Crippen molar-refractivity contribution < 1.29 is 9.59 Å². The summed E-state index contributed by atoms with van der Waals surface area (Å²) in [5, 5.41) is 6.24. The predicted molar refractivity (Wildman–Crippen MR) is 74.0 cm³/mol. The molecule has 6 nitrogen and oxygen atoms in total. The van der Waals surface area contributed by atoms with E-state index in [0.29, 0.717) is 5.00 Å². The number of carbonyl (C=O) groups excluding carboxylic acids is 2. The SMILES string of the molecule is CCC(C)Nc1sc(C(N)=O)c(N)c1C(=O)NC. The van der Waals surface area contributed by atoms with Crippen LogP contribution in [0.25, 0.3) is 0 Å². The second-order valence-corrected chi connectivity index (χ2v) is 4.97. The zero-order chi connectivity index (χ0) is 13.9. The highest BCUT2D eigenvalue weighted by molar-refractivity contribution is 7.19. The lowest BCUT2D eigenvalue weighted by Crippen LogP contribution is -2.22. The average Bonchev–Trinajstić information content (AvgIpc) is 2.65. The first-order valence-corrected chi connectivity index (χ1v) is 6.44. The van der Waals surface area contributed by atoms with E-state index in [1.54, 1.807) is 0 Å². The van der Waals surface area contributed by atoms with Crippen LogP contribution in [0.1, 0.15) is 40.3 Å². The number of hydrogen-bond donors (Lipinski definition) is 4. The van der Waals surface area contributed by atoms with Gasteiger partial charge in [0, 0.05) is 13.1 Å². The molecule has 0 aromatic carbocycles. The van der Waals surface area contributed by atoms with Gasteiger partial charge in [-0.25, -0.2) is 0 Å². The molecule has 0 aliphatic heterocycles. The zero-order valence-corrected chi connectivity index (χ0v) is 11.5. The minimum Gasteiger partial charge on any atom is -0.397 e. The fraction of sp³-hybridized carbons (Fsp3) is 0.455. The molecule has 1 heterocycles. The van der Waals surface area contributed by atoms with E-state index in [9.17, 15) is 9.59 Å². The van der Waals surface area contributed by atoms with Gasteiger partial charge in [-0.1, -0.05) is 6.92 Å². The third-order valence-corrected chi connectivity index (χ3v) is 3.76. The van der Waals surface area contributed by atoms with Crippen molar-refractivity contribution in [3.8, 4) is 0 Å². The van der Waals surface area contributed by atoms with Crippen LogP contribution in [0.15, 0.2) is 0 Å². The molecule has 6 N–H and O–H groups in total. The molecule has 0 aliphatic carbocycles. The van der Waals surface area contributed by atoms with Crippen LogP contribution in [0.5, 0.6) is 0 Å². The zero-order valence-electron chi connectivity index (χ0n) is 10.7. The summed E-state index contributed by atoms with van der Waals surface area (Å²) in [5.74, 6) is -0.957. The van der Waals surface area contributed by atoms with Gasteiger partial charge in [0.2, 0.25) is 0 Å². The second-order valence-electron chi connectivity index (χ2n) is 3.95. The summed E-state index contributed by atoms with van der Waals surface area (Å²) >= 11 is 1.11. The van der Waals surface area contributed by atoms with E-state index in [1.807, 2.05) is 13.8 Å². The van der Waals surface area contributed by atoms with Gasteiger partial charge in [-0.2, -0.15) is 0 Å². The summed E-state index contributed by atoms with van der Waals surface area (Å²) in [4.78, 5) is 23.2. The number of anilines is 2. The highest BCUT2D eigenvalue weighted by atomic mass is 32.1. The van der Waals surface area contributed by atoms with Crippen LogP contribution in [-0.2, 0) is 0 Å². The van der Waals surface area contributed by atoms with Gasteiger partial charge in [0.05, 0.1) is 11.3 Å². The van der Waals surface area contributed by atoms with Crippen LogP contribution in [-0.4, -0.2) is 24.9 Å². The molecule has 18 heavy (non-hydrogen) atoms. The van der Waals surface area contributed by atoms with Crippen molar-refractivity contribution in [1.29, 1.82) is 0 Å². The van der Waals surface area contributed by atoms with E-state index >= 15 is 0 Å². The lowest BCUT2D eigenvalue weighted by molar-refractivity contribution is 0.0965. The minimum atomic E-state index is -0.625. The number of amides is 2. The van der Waals surface area contributed by atoms with Gasteiger partial charge in [0.1, 0.15) is 9.88 Å². The Morgan fingerprint density at radius 2 is 2.06 bits per heavy atom. The molecule has 1 aromatic heterocycles. The van der Waals surface area contributed by atoms with Gasteiger partial charge < -0.3 is 22.1 Å². The molecule has 1 rings (SSSR count). The van der Waals surface area contributed by atoms with Crippen molar-refractivity contribution >= 4 is 33.8 Å². The highest BCUT2D eigenvalue weighted by Crippen LogP contribution is 2.35. The molecule has 0 radical (unpaired) electrons. The molecule has 0 saturated carbocycles. The Balaban J connectivity index is 3.26. The van der Waals surface area contributed by atoms with Crippen LogP contribution in [0.4, 0.5) is 10.7 Å². The number of rotatable bonds is 5. The number of hydrogen-bond acceptors (Lipinski definition) is 5.